The monoisotopic (exact) mass is 327 g/mol. The lowest BCUT2D eigenvalue weighted by Crippen LogP contribution is -2.24. The van der Waals surface area contributed by atoms with Gasteiger partial charge in [0, 0.05) is 44.6 Å². The van der Waals surface area contributed by atoms with Crippen LogP contribution in [0, 0.1) is 6.92 Å². The van der Waals surface area contributed by atoms with Gasteiger partial charge in [0.2, 0.25) is 0 Å². The Hall–Kier alpha value is -2.63. The van der Waals surface area contributed by atoms with Crippen molar-refractivity contribution in [2.24, 2.45) is 0 Å². The van der Waals surface area contributed by atoms with Gasteiger partial charge in [-0.15, -0.1) is 0 Å². The molecule has 2 rings (SSSR count). The number of aromatic nitrogens is 2. The molecule has 0 bridgehead atoms. The summed E-state index contributed by atoms with van der Waals surface area (Å²) in [7, 11) is 3.96. The van der Waals surface area contributed by atoms with Crippen LogP contribution in [0.25, 0.3) is 0 Å². The van der Waals surface area contributed by atoms with Crippen LogP contribution in [0.1, 0.15) is 30.2 Å². The van der Waals surface area contributed by atoms with Crippen LogP contribution in [0.4, 0.5) is 17.2 Å². The van der Waals surface area contributed by atoms with Gasteiger partial charge in [-0.05, 0) is 45.0 Å². The molecular weight excluding hydrogens is 302 g/mol. The smallest absolute Gasteiger partial charge is 0.274 e. The molecule has 128 valence electrons. The van der Waals surface area contributed by atoms with Crippen LogP contribution in [-0.4, -0.2) is 43.1 Å². The average Bonchev–Trinajstić information content (AvgIpc) is 2.56. The Morgan fingerprint density at radius 2 is 1.71 bits per heavy atom. The fraction of sp³-hybridized carbons (Fsp3) is 0.389. The molecule has 0 aliphatic heterocycles. The number of aryl methyl sites for hydroxylation is 1. The van der Waals surface area contributed by atoms with E-state index in [2.05, 4.69) is 34.0 Å². The van der Waals surface area contributed by atoms with Crippen LogP contribution < -0.4 is 15.1 Å². The van der Waals surface area contributed by atoms with Crippen molar-refractivity contribution in [1.29, 1.82) is 0 Å². The minimum atomic E-state index is -0.230. The molecule has 1 heterocycles. The van der Waals surface area contributed by atoms with E-state index in [9.17, 15) is 4.79 Å². The summed E-state index contributed by atoms with van der Waals surface area (Å²) < 4.78 is 0. The molecule has 0 radical (unpaired) electrons. The van der Waals surface area contributed by atoms with Crippen molar-refractivity contribution in [1.82, 2.24) is 9.97 Å². The molecular formula is C18H25N5O. The number of nitrogens with zero attached hydrogens (tertiary/aromatic N) is 4. The number of anilines is 3. The van der Waals surface area contributed by atoms with Gasteiger partial charge >= 0.3 is 0 Å². The quantitative estimate of drug-likeness (QED) is 0.884. The van der Waals surface area contributed by atoms with Crippen molar-refractivity contribution in [3.63, 3.8) is 0 Å². The third kappa shape index (κ3) is 4.22. The van der Waals surface area contributed by atoms with Crippen molar-refractivity contribution >= 4 is 23.1 Å². The van der Waals surface area contributed by atoms with Gasteiger partial charge in [-0.3, -0.25) is 4.79 Å². The molecule has 0 spiro atoms. The maximum Gasteiger partial charge on any atom is 0.274 e. The first-order valence-electron chi connectivity index (χ1n) is 8.14. The fourth-order valence-electron chi connectivity index (χ4n) is 2.42. The Balaban J connectivity index is 2.20. The maximum atomic E-state index is 12.5. The largest absolute Gasteiger partial charge is 0.378 e. The van der Waals surface area contributed by atoms with Crippen LogP contribution in [-0.2, 0) is 0 Å². The standard InChI is InChI=1S/C18H25N5O/c1-6-23(7-2)17-12-16(19-13(3)20-17)18(24)21-14-8-10-15(11-9-14)22(4)5/h8-12H,6-7H2,1-5H3,(H,21,24). The summed E-state index contributed by atoms with van der Waals surface area (Å²) in [6.45, 7) is 7.59. The second-order valence-electron chi connectivity index (χ2n) is 5.73. The van der Waals surface area contributed by atoms with E-state index >= 15 is 0 Å². The van der Waals surface area contributed by atoms with Crippen LogP contribution in [0.3, 0.4) is 0 Å². The van der Waals surface area contributed by atoms with Crippen LogP contribution >= 0.6 is 0 Å². The van der Waals surface area contributed by atoms with Crippen molar-refractivity contribution in [3.8, 4) is 0 Å². The SMILES string of the molecule is CCN(CC)c1cc(C(=O)Nc2ccc(N(C)C)cc2)nc(C)n1. The second kappa shape index (κ2) is 7.77. The summed E-state index contributed by atoms with van der Waals surface area (Å²) in [5, 5.41) is 2.89. The third-order valence-corrected chi connectivity index (χ3v) is 3.79. The van der Waals surface area contributed by atoms with Crippen LogP contribution in [0.15, 0.2) is 30.3 Å². The lowest BCUT2D eigenvalue weighted by atomic mass is 10.2. The van der Waals surface area contributed by atoms with Gasteiger partial charge < -0.3 is 15.1 Å². The van der Waals surface area contributed by atoms with Gasteiger partial charge in [-0.25, -0.2) is 9.97 Å². The lowest BCUT2D eigenvalue weighted by Gasteiger charge is -2.20. The Kier molecular flexibility index (Phi) is 5.73. The van der Waals surface area contributed by atoms with Gasteiger partial charge in [0.1, 0.15) is 17.3 Å². The molecule has 1 aromatic heterocycles. The Morgan fingerprint density at radius 1 is 1.08 bits per heavy atom. The topological polar surface area (TPSA) is 61.4 Å². The second-order valence-corrected chi connectivity index (χ2v) is 5.73. The zero-order valence-electron chi connectivity index (χ0n) is 15.0. The van der Waals surface area contributed by atoms with E-state index in [4.69, 9.17) is 0 Å². The number of benzene rings is 1. The first kappa shape index (κ1) is 17.7. The van der Waals surface area contributed by atoms with Crippen LogP contribution in [0.2, 0.25) is 0 Å². The van der Waals surface area contributed by atoms with Crippen molar-refractivity contribution in [3.05, 3.63) is 41.9 Å². The Bertz CT molecular complexity index is 693. The molecule has 1 aromatic carbocycles. The summed E-state index contributed by atoms with van der Waals surface area (Å²) in [4.78, 5) is 25.3. The molecule has 2 aromatic rings. The zero-order chi connectivity index (χ0) is 17.7. The van der Waals surface area contributed by atoms with E-state index < -0.39 is 0 Å². The highest BCUT2D eigenvalue weighted by Gasteiger charge is 2.13. The predicted octanol–water partition coefficient (Wildman–Crippen LogP) is 2.95. The third-order valence-electron chi connectivity index (χ3n) is 3.79. The zero-order valence-corrected chi connectivity index (χ0v) is 15.0. The summed E-state index contributed by atoms with van der Waals surface area (Å²) in [5.74, 6) is 1.14. The highest BCUT2D eigenvalue weighted by molar-refractivity contribution is 6.03. The molecule has 0 atom stereocenters. The highest BCUT2D eigenvalue weighted by Crippen LogP contribution is 2.17. The van der Waals surface area contributed by atoms with Gasteiger partial charge in [-0.2, -0.15) is 0 Å². The average molecular weight is 327 g/mol. The Labute approximate surface area is 143 Å². The van der Waals surface area contributed by atoms with Gasteiger partial charge in [0.05, 0.1) is 0 Å². The lowest BCUT2D eigenvalue weighted by molar-refractivity contribution is 0.102. The molecule has 0 saturated heterocycles. The molecule has 0 aliphatic rings. The van der Waals surface area contributed by atoms with Crippen molar-refractivity contribution in [2.75, 3.05) is 42.3 Å². The molecule has 1 amide bonds. The molecule has 6 heteroatoms. The van der Waals surface area contributed by atoms with Crippen molar-refractivity contribution < 1.29 is 4.79 Å². The number of rotatable bonds is 6. The minimum Gasteiger partial charge on any atom is -0.378 e. The first-order chi connectivity index (χ1) is 11.4. The summed E-state index contributed by atoms with van der Waals surface area (Å²) >= 11 is 0. The molecule has 0 fully saturated rings. The summed E-state index contributed by atoms with van der Waals surface area (Å²) in [6, 6.07) is 9.42. The van der Waals surface area contributed by atoms with E-state index in [-0.39, 0.29) is 5.91 Å². The van der Waals surface area contributed by atoms with E-state index in [0.29, 0.717) is 11.5 Å². The Morgan fingerprint density at radius 3 is 2.25 bits per heavy atom. The number of nitrogens with one attached hydrogen (secondary N) is 1. The normalized spacial score (nSPS) is 10.4. The molecule has 6 nitrogen and oxygen atoms in total. The molecule has 24 heavy (non-hydrogen) atoms. The molecule has 0 saturated carbocycles. The van der Waals surface area contributed by atoms with Gasteiger partial charge in [0.15, 0.2) is 0 Å². The number of amides is 1. The number of hydrogen-bond acceptors (Lipinski definition) is 5. The number of hydrogen-bond donors (Lipinski definition) is 1. The highest BCUT2D eigenvalue weighted by atomic mass is 16.1. The fourth-order valence-corrected chi connectivity index (χ4v) is 2.42. The molecule has 1 N–H and O–H groups in total. The number of carbonyl (C=O) groups excluding carboxylic acids is 1. The summed E-state index contributed by atoms with van der Waals surface area (Å²) in [5.41, 5.74) is 2.20. The van der Waals surface area contributed by atoms with Gasteiger partial charge in [-0.1, -0.05) is 0 Å². The van der Waals surface area contributed by atoms with Gasteiger partial charge in [0.25, 0.3) is 5.91 Å². The predicted molar refractivity (Wildman–Crippen MR) is 99.1 cm³/mol. The molecule has 0 unspecified atom stereocenters. The van der Waals surface area contributed by atoms with Crippen molar-refractivity contribution in [2.45, 2.75) is 20.8 Å². The van der Waals surface area contributed by atoms with E-state index in [1.165, 1.54) is 0 Å². The minimum absolute atomic E-state index is 0.230. The van der Waals surface area contributed by atoms with E-state index in [0.717, 1.165) is 30.3 Å². The van der Waals surface area contributed by atoms with E-state index in [1.807, 2.05) is 43.3 Å². The van der Waals surface area contributed by atoms with E-state index in [1.54, 1.807) is 13.0 Å². The van der Waals surface area contributed by atoms with Crippen LogP contribution in [0.5, 0.6) is 0 Å². The first-order valence-corrected chi connectivity index (χ1v) is 8.14. The summed E-state index contributed by atoms with van der Waals surface area (Å²) in [6.07, 6.45) is 0. The maximum absolute atomic E-state index is 12.5. The number of carbonyl (C=O) groups is 1. The molecule has 0 aliphatic carbocycles.